The first-order valence-electron chi connectivity index (χ1n) is 9.96. The van der Waals surface area contributed by atoms with Crippen LogP contribution in [0.15, 0.2) is 70.2 Å². The van der Waals surface area contributed by atoms with Crippen LogP contribution in [0.5, 0.6) is 0 Å². The van der Waals surface area contributed by atoms with Gasteiger partial charge in [0.05, 0.1) is 22.4 Å². The Labute approximate surface area is 188 Å². The molecule has 2 amide bonds. The zero-order chi connectivity index (χ0) is 23.6. The molecular weight excluding hydrogens is 456 g/mol. The van der Waals surface area contributed by atoms with Crippen molar-refractivity contribution in [3.8, 4) is 0 Å². The average Bonchev–Trinajstić information content (AvgIpc) is 3.36. The van der Waals surface area contributed by atoms with E-state index in [4.69, 9.17) is 4.42 Å². The molecule has 1 saturated heterocycles. The summed E-state index contributed by atoms with van der Waals surface area (Å²) >= 11 is 0. The number of nitrogens with zero attached hydrogens (tertiary/aromatic N) is 2. The predicted octanol–water partition coefficient (Wildman–Crippen LogP) is 2.96. The molecule has 1 aromatic heterocycles. The Morgan fingerprint density at radius 3 is 2.30 bits per heavy atom. The van der Waals surface area contributed by atoms with E-state index in [0.29, 0.717) is 11.8 Å². The zero-order valence-electron chi connectivity index (χ0n) is 17.2. The smallest absolute Gasteiger partial charge is 0.291 e. The zero-order valence-corrected chi connectivity index (χ0v) is 18.0. The van der Waals surface area contributed by atoms with Gasteiger partial charge in [0.2, 0.25) is 10.0 Å². The fourth-order valence-electron chi connectivity index (χ4n) is 3.46. The summed E-state index contributed by atoms with van der Waals surface area (Å²) in [7, 11) is -4.04. The monoisotopic (exact) mass is 475 g/mol. The number of nitrogens with one attached hydrogen (secondary N) is 1. The molecule has 3 aromatic rings. The molecule has 0 bridgehead atoms. The van der Waals surface area contributed by atoms with E-state index in [9.17, 15) is 26.8 Å². The van der Waals surface area contributed by atoms with Crippen LogP contribution in [-0.4, -0.2) is 55.6 Å². The molecular formula is C22H19F2N3O5S. The molecule has 0 spiro atoms. The summed E-state index contributed by atoms with van der Waals surface area (Å²) in [6, 6.07) is 11.9. The van der Waals surface area contributed by atoms with Crippen molar-refractivity contribution in [1.29, 1.82) is 0 Å². The van der Waals surface area contributed by atoms with Gasteiger partial charge in [-0.05, 0) is 42.5 Å². The number of amides is 2. The maximum Gasteiger partial charge on any atom is 0.291 e. The minimum absolute atomic E-state index is 0.0199. The van der Waals surface area contributed by atoms with Crippen molar-refractivity contribution in [2.45, 2.75) is 4.90 Å². The molecule has 33 heavy (non-hydrogen) atoms. The number of piperazine rings is 1. The quantitative estimate of drug-likeness (QED) is 0.612. The van der Waals surface area contributed by atoms with Gasteiger partial charge in [-0.25, -0.2) is 17.2 Å². The molecule has 1 aliphatic rings. The van der Waals surface area contributed by atoms with Gasteiger partial charge >= 0.3 is 0 Å². The summed E-state index contributed by atoms with van der Waals surface area (Å²) in [6.45, 7) is 0.131. The van der Waals surface area contributed by atoms with Crippen molar-refractivity contribution >= 4 is 27.5 Å². The molecule has 4 rings (SSSR count). The Morgan fingerprint density at radius 2 is 1.64 bits per heavy atom. The van der Waals surface area contributed by atoms with Gasteiger partial charge in [-0.2, -0.15) is 4.31 Å². The van der Waals surface area contributed by atoms with Crippen molar-refractivity contribution in [2.75, 3.05) is 31.5 Å². The topological polar surface area (TPSA) is 99.9 Å². The van der Waals surface area contributed by atoms with Crippen LogP contribution in [-0.2, 0) is 10.0 Å². The molecule has 172 valence electrons. The van der Waals surface area contributed by atoms with E-state index < -0.39 is 27.6 Å². The highest BCUT2D eigenvalue weighted by molar-refractivity contribution is 7.89. The van der Waals surface area contributed by atoms with Gasteiger partial charge in [-0.1, -0.05) is 12.1 Å². The van der Waals surface area contributed by atoms with Gasteiger partial charge in [0.15, 0.2) is 17.4 Å². The number of rotatable bonds is 5. The first-order valence-corrected chi connectivity index (χ1v) is 11.4. The maximum atomic E-state index is 13.5. The Bertz CT molecular complexity index is 1290. The molecule has 0 radical (unpaired) electrons. The van der Waals surface area contributed by atoms with Crippen LogP contribution in [0.2, 0.25) is 0 Å². The fraction of sp³-hybridized carbons (Fsp3) is 0.182. The summed E-state index contributed by atoms with van der Waals surface area (Å²) in [5.74, 6) is -3.19. The van der Waals surface area contributed by atoms with Crippen molar-refractivity contribution in [3.05, 3.63) is 83.8 Å². The number of para-hydroxylation sites is 1. The Morgan fingerprint density at radius 1 is 0.909 bits per heavy atom. The van der Waals surface area contributed by atoms with E-state index in [1.165, 1.54) is 17.2 Å². The standard InChI is InChI=1S/C22H19F2N3O5S/c23-17-8-7-15(14-18(17)24)33(30,31)27-11-9-26(10-12-27)22(29)16-4-1-2-5-19(16)25-21(28)20-6-3-13-32-20/h1-8,13-14H,9-12H2,(H,25,28). The number of sulfonamides is 1. The highest BCUT2D eigenvalue weighted by Crippen LogP contribution is 2.23. The third-order valence-corrected chi connectivity index (χ3v) is 7.10. The Kier molecular flexibility index (Phi) is 6.25. The number of halogens is 2. The molecule has 1 N–H and O–H groups in total. The normalized spacial score (nSPS) is 14.8. The molecule has 2 heterocycles. The number of hydrogen-bond donors (Lipinski definition) is 1. The van der Waals surface area contributed by atoms with E-state index in [0.717, 1.165) is 16.4 Å². The lowest BCUT2D eigenvalue weighted by molar-refractivity contribution is 0.0699. The van der Waals surface area contributed by atoms with Gasteiger partial charge < -0.3 is 14.6 Å². The summed E-state index contributed by atoms with van der Waals surface area (Å²) in [6.07, 6.45) is 1.36. The van der Waals surface area contributed by atoms with Crippen LogP contribution >= 0.6 is 0 Å². The number of carbonyl (C=O) groups excluding carboxylic acids is 2. The number of furan rings is 1. The second kappa shape index (κ2) is 9.12. The van der Waals surface area contributed by atoms with Crippen LogP contribution in [0.3, 0.4) is 0 Å². The molecule has 1 fully saturated rings. The van der Waals surface area contributed by atoms with Crippen LogP contribution in [0, 0.1) is 11.6 Å². The molecule has 0 saturated carbocycles. The van der Waals surface area contributed by atoms with Crippen LogP contribution in [0.25, 0.3) is 0 Å². The van der Waals surface area contributed by atoms with E-state index in [-0.39, 0.29) is 48.3 Å². The summed E-state index contributed by atoms with van der Waals surface area (Å²) in [4.78, 5) is 26.5. The lowest BCUT2D eigenvalue weighted by Gasteiger charge is -2.34. The van der Waals surface area contributed by atoms with Crippen LogP contribution < -0.4 is 5.32 Å². The third-order valence-electron chi connectivity index (χ3n) is 5.21. The molecule has 1 aliphatic heterocycles. The number of carbonyl (C=O) groups is 2. The maximum absolute atomic E-state index is 13.5. The minimum Gasteiger partial charge on any atom is -0.459 e. The van der Waals surface area contributed by atoms with Gasteiger partial charge in [0.25, 0.3) is 11.8 Å². The molecule has 0 atom stereocenters. The van der Waals surface area contributed by atoms with Crippen LogP contribution in [0.1, 0.15) is 20.9 Å². The highest BCUT2D eigenvalue weighted by Gasteiger charge is 2.31. The first-order chi connectivity index (χ1) is 15.8. The lowest BCUT2D eigenvalue weighted by Crippen LogP contribution is -2.50. The number of benzene rings is 2. The average molecular weight is 475 g/mol. The van der Waals surface area contributed by atoms with E-state index >= 15 is 0 Å². The van der Waals surface area contributed by atoms with Crippen molar-refractivity contribution in [2.24, 2.45) is 0 Å². The molecule has 0 unspecified atom stereocenters. The second-order valence-electron chi connectivity index (χ2n) is 7.25. The molecule has 11 heteroatoms. The Balaban J connectivity index is 1.46. The second-order valence-corrected chi connectivity index (χ2v) is 9.19. The SMILES string of the molecule is O=C(Nc1ccccc1C(=O)N1CCN(S(=O)(=O)c2ccc(F)c(F)c2)CC1)c1ccco1. The number of anilines is 1. The van der Waals surface area contributed by atoms with Crippen molar-refractivity contribution < 1.29 is 31.2 Å². The highest BCUT2D eigenvalue weighted by atomic mass is 32.2. The molecule has 2 aromatic carbocycles. The van der Waals surface area contributed by atoms with Crippen molar-refractivity contribution in [1.82, 2.24) is 9.21 Å². The van der Waals surface area contributed by atoms with Crippen LogP contribution in [0.4, 0.5) is 14.5 Å². The van der Waals surface area contributed by atoms with Gasteiger partial charge in [-0.15, -0.1) is 0 Å². The largest absolute Gasteiger partial charge is 0.459 e. The predicted molar refractivity (Wildman–Crippen MR) is 114 cm³/mol. The van der Waals surface area contributed by atoms with Crippen molar-refractivity contribution in [3.63, 3.8) is 0 Å². The molecule has 8 nitrogen and oxygen atoms in total. The van der Waals surface area contributed by atoms with E-state index in [1.54, 1.807) is 30.3 Å². The number of hydrogen-bond acceptors (Lipinski definition) is 5. The third kappa shape index (κ3) is 4.64. The molecule has 0 aliphatic carbocycles. The van der Waals surface area contributed by atoms with Gasteiger partial charge in [0, 0.05) is 26.2 Å². The van der Waals surface area contributed by atoms with Gasteiger partial charge in [-0.3, -0.25) is 9.59 Å². The van der Waals surface area contributed by atoms with E-state index in [1.807, 2.05) is 0 Å². The summed E-state index contributed by atoms with van der Waals surface area (Å²) in [5.41, 5.74) is 0.537. The summed E-state index contributed by atoms with van der Waals surface area (Å²) in [5, 5.41) is 2.64. The summed E-state index contributed by atoms with van der Waals surface area (Å²) < 4.78 is 58.4. The Hall–Kier alpha value is -3.57. The lowest BCUT2D eigenvalue weighted by atomic mass is 10.1. The fourth-order valence-corrected chi connectivity index (χ4v) is 4.89. The first kappa shape index (κ1) is 22.6. The minimum atomic E-state index is -4.04. The van der Waals surface area contributed by atoms with E-state index in [2.05, 4.69) is 5.32 Å². The van der Waals surface area contributed by atoms with Gasteiger partial charge in [0.1, 0.15) is 0 Å².